The molecular formula is C46H81IO5. The molecule has 0 bridgehead atoms. The Bertz CT molecular complexity index is 1040. The first-order chi connectivity index (χ1) is 25.4. The van der Waals surface area contributed by atoms with E-state index >= 15 is 0 Å². The van der Waals surface area contributed by atoms with Crippen molar-refractivity contribution in [1.82, 2.24) is 0 Å². The number of carboxylic acids is 2. The summed E-state index contributed by atoms with van der Waals surface area (Å²) in [7, 11) is 0. The molecule has 0 aromatic heterocycles. The number of hydrogen-bond donors (Lipinski definition) is 2. The molecule has 1 aromatic rings. The van der Waals surface area contributed by atoms with Gasteiger partial charge in [0.1, 0.15) is 0 Å². The Morgan fingerprint density at radius 1 is 0.423 bits per heavy atom. The van der Waals surface area contributed by atoms with Crippen molar-refractivity contribution in [2.24, 2.45) is 0 Å². The van der Waals surface area contributed by atoms with Crippen LogP contribution in [0.1, 0.15) is 242 Å². The van der Waals surface area contributed by atoms with Crippen molar-refractivity contribution >= 4 is 33.1 Å². The SMILES string of the molecule is CCCCCCCCCCCCCCCCCCc1cc(CC(=O)O)c(I=O)c(CC(=O)O)c1CCCCCCCCCCCCCCCCCC. The molecule has 0 saturated carbocycles. The summed E-state index contributed by atoms with van der Waals surface area (Å²) in [5.74, 6) is -1.90. The molecule has 2 N–H and O–H groups in total. The van der Waals surface area contributed by atoms with Crippen LogP contribution in [0.15, 0.2) is 6.07 Å². The van der Waals surface area contributed by atoms with E-state index in [9.17, 15) is 22.9 Å². The van der Waals surface area contributed by atoms with Gasteiger partial charge in [-0.25, -0.2) is 0 Å². The molecule has 0 aliphatic rings. The zero-order valence-electron chi connectivity index (χ0n) is 34.0. The standard InChI is InChI=1S/C46H81IO5/c1-3-5-7-9-11-13-15-17-19-21-23-25-27-29-31-33-35-40-37-41(38-44(48)49)46(47-52)43(39-45(50)51)42(40)36-34-32-30-28-26-24-22-20-18-16-14-12-10-8-6-4-2/h37H,3-36,38-39H2,1-2H3,(H,48,49)(H,50,51). The van der Waals surface area contributed by atoms with Crippen LogP contribution in [0.25, 0.3) is 0 Å². The summed E-state index contributed by atoms with van der Waals surface area (Å²) in [6, 6.07) is 1.97. The minimum atomic E-state index is -1.68. The van der Waals surface area contributed by atoms with E-state index in [0.29, 0.717) is 14.7 Å². The van der Waals surface area contributed by atoms with Gasteiger partial charge in [-0.1, -0.05) is 213 Å². The first kappa shape index (κ1) is 48.7. The van der Waals surface area contributed by atoms with Crippen LogP contribution in [-0.2, 0) is 38.3 Å². The Hall–Kier alpha value is -1.31. The van der Waals surface area contributed by atoms with Crippen LogP contribution in [0, 0.1) is 3.57 Å². The third kappa shape index (κ3) is 26.5. The lowest BCUT2D eigenvalue weighted by atomic mass is 9.88. The molecule has 0 aliphatic heterocycles. The van der Waals surface area contributed by atoms with E-state index in [4.69, 9.17) is 0 Å². The van der Waals surface area contributed by atoms with Crippen molar-refractivity contribution in [1.29, 1.82) is 0 Å². The van der Waals surface area contributed by atoms with Crippen LogP contribution >= 0.6 is 21.2 Å². The molecular weight excluding hydrogens is 759 g/mol. The van der Waals surface area contributed by atoms with Crippen molar-refractivity contribution < 1.29 is 22.9 Å². The second kappa shape index (κ2) is 35.4. The second-order valence-corrected chi connectivity index (χ2v) is 17.3. The van der Waals surface area contributed by atoms with Gasteiger partial charge < -0.3 is 10.2 Å². The maximum absolute atomic E-state index is 12.5. The Kier molecular flexibility index (Phi) is 33.2. The zero-order chi connectivity index (χ0) is 37.9. The molecule has 0 spiro atoms. The molecule has 1 rings (SSSR count). The third-order valence-corrected chi connectivity index (χ3v) is 12.8. The van der Waals surface area contributed by atoms with Gasteiger partial charge in [-0.15, -0.1) is 0 Å². The van der Waals surface area contributed by atoms with Gasteiger partial charge in [-0.05, 0) is 47.9 Å². The van der Waals surface area contributed by atoms with Crippen LogP contribution < -0.4 is 0 Å². The molecule has 0 aliphatic carbocycles. The molecule has 0 radical (unpaired) electrons. The smallest absolute Gasteiger partial charge is 0.307 e. The normalized spacial score (nSPS) is 11.4. The first-order valence-electron chi connectivity index (χ1n) is 22.3. The predicted octanol–water partition coefficient (Wildman–Crippen LogP) is 15.0. The van der Waals surface area contributed by atoms with Crippen LogP contribution in [0.3, 0.4) is 0 Å². The summed E-state index contributed by atoms with van der Waals surface area (Å²) < 4.78 is 13.0. The average molecular weight is 841 g/mol. The van der Waals surface area contributed by atoms with Gasteiger partial charge in [-0.2, -0.15) is 0 Å². The highest BCUT2D eigenvalue weighted by Gasteiger charge is 2.21. The van der Waals surface area contributed by atoms with E-state index in [2.05, 4.69) is 13.8 Å². The lowest BCUT2D eigenvalue weighted by Crippen LogP contribution is -2.13. The Labute approximate surface area is 331 Å². The van der Waals surface area contributed by atoms with E-state index in [1.54, 1.807) is 0 Å². The second-order valence-electron chi connectivity index (χ2n) is 15.8. The van der Waals surface area contributed by atoms with E-state index in [-0.39, 0.29) is 12.8 Å². The monoisotopic (exact) mass is 841 g/mol. The first-order valence-corrected chi connectivity index (χ1v) is 24.3. The van der Waals surface area contributed by atoms with Crippen molar-refractivity contribution in [3.63, 3.8) is 0 Å². The lowest BCUT2D eigenvalue weighted by molar-refractivity contribution is -0.137. The number of halogens is 1. The van der Waals surface area contributed by atoms with Crippen molar-refractivity contribution in [3.05, 3.63) is 31.9 Å². The fourth-order valence-electron chi connectivity index (χ4n) is 7.85. The fraction of sp³-hybridized carbons (Fsp3) is 0.826. The zero-order valence-corrected chi connectivity index (χ0v) is 36.2. The van der Waals surface area contributed by atoms with E-state index in [0.717, 1.165) is 49.7 Å². The number of benzene rings is 1. The summed E-state index contributed by atoms with van der Waals surface area (Å²) in [5.41, 5.74) is 3.36. The Morgan fingerprint density at radius 3 is 1.04 bits per heavy atom. The topological polar surface area (TPSA) is 91.7 Å². The minimum absolute atomic E-state index is 0.176. The maximum atomic E-state index is 12.5. The van der Waals surface area contributed by atoms with Crippen molar-refractivity contribution in [3.8, 4) is 0 Å². The van der Waals surface area contributed by atoms with E-state index in [1.807, 2.05) is 6.07 Å². The number of rotatable bonds is 39. The summed E-state index contributed by atoms with van der Waals surface area (Å²) in [6.45, 7) is 4.55. The quantitative estimate of drug-likeness (QED) is 0.0509. The van der Waals surface area contributed by atoms with Gasteiger partial charge in [0.25, 0.3) is 0 Å². The highest BCUT2D eigenvalue weighted by molar-refractivity contribution is 14.1. The highest BCUT2D eigenvalue weighted by Crippen LogP contribution is 2.31. The van der Waals surface area contributed by atoms with Crippen molar-refractivity contribution in [2.75, 3.05) is 0 Å². The van der Waals surface area contributed by atoms with Gasteiger partial charge >= 0.3 is 11.9 Å². The van der Waals surface area contributed by atoms with E-state index < -0.39 is 33.1 Å². The van der Waals surface area contributed by atoms with Gasteiger partial charge in [0.15, 0.2) is 21.2 Å². The van der Waals surface area contributed by atoms with Crippen LogP contribution in [0.5, 0.6) is 0 Å². The average Bonchev–Trinajstić information content (AvgIpc) is 3.11. The number of aryl methyl sites for hydroxylation is 1. The highest BCUT2D eigenvalue weighted by atomic mass is 127. The summed E-state index contributed by atoms with van der Waals surface area (Å²) >= 11 is -1.68. The maximum Gasteiger partial charge on any atom is 0.307 e. The number of carbonyl (C=O) groups is 2. The number of hydrogen-bond acceptors (Lipinski definition) is 3. The molecule has 0 heterocycles. The summed E-state index contributed by atoms with van der Waals surface area (Å²) in [5, 5.41) is 19.4. The van der Waals surface area contributed by atoms with Gasteiger partial charge in [0.2, 0.25) is 0 Å². The Morgan fingerprint density at radius 2 is 0.731 bits per heavy atom. The minimum Gasteiger partial charge on any atom is -0.481 e. The fourth-order valence-corrected chi connectivity index (χ4v) is 9.26. The molecule has 0 saturated heterocycles. The summed E-state index contributed by atoms with van der Waals surface area (Å²) in [6.07, 6.45) is 43.3. The molecule has 52 heavy (non-hydrogen) atoms. The van der Waals surface area contributed by atoms with Gasteiger partial charge in [0, 0.05) is 0 Å². The molecule has 0 atom stereocenters. The molecule has 1 aromatic carbocycles. The molecule has 5 nitrogen and oxygen atoms in total. The van der Waals surface area contributed by atoms with Gasteiger partial charge in [-0.3, -0.25) is 12.7 Å². The van der Waals surface area contributed by atoms with Crippen molar-refractivity contribution in [2.45, 2.75) is 245 Å². The number of unbranched alkanes of at least 4 members (excludes halogenated alkanes) is 30. The predicted molar refractivity (Wildman–Crippen MR) is 229 cm³/mol. The largest absolute Gasteiger partial charge is 0.481 e. The summed E-state index contributed by atoms with van der Waals surface area (Å²) in [4.78, 5) is 23.7. The number of carboxylic acid groups (broad SMARTS) is 2. The Balaban J connectivity index is 2.49. The van der Waals surface area contributed by atoms with E-state index in [1.165, 1.54) is 180 Å². The lowest BCUT2D eigenvalue weighted by Gasteiger charge is -2.19. The van der Waals surface area contributed by atoms with Crippen LogP contribution in [-0.4, -0.2) is 22.2 Å². The molecule has 6 heteroatoms. The third-order valence-electron chi connectivity index (χ3n) is 11.0. The molecule has 0 unspecified atom stereocenters. The number of aliphatic carboxylic acids is 2. The van der Waals surface area contributed by atoms with Crippen LogP contribution in [0.4, 0.5) is 0 Å². The van der Waals surface area contributed by atoms with Gasteiger partial charge in [0.05, 0.1) is 16.4 Å². The van der Waals surface area contributed by atoms with Crippen LogP contribution in [0.2, 0.25) is 0 Å². The molecule has 302 valence electrons. The molecule has 0 fully saturated rings. The molecule has 0 amide bonds.